The van der Waals surface area contributed by atoms with Crippen molar-refractivity contribution >= 4 is 33.1 Å². The van der Waals surface area contributed by atoms with Gasteiger partial charge in [-0.3, -0.25) is 4.79 Å². The molecule has 0 bridgehead atoms. The average Bonchev–Trinajstić information content (AvgIpc) is 2.80. The lowest BCUT2D eigenvalue weighted by Gasteiger charge is -2.23. The van der Waals surface area contributed by atoms with E-state index < -0.39 is 21.3 Å². The maximum absolute atomic E-state index is 12.1. The zero-order valence-corrected chi connectivity index (χ0v) is 12.9. The number of hydrogen-bond donors (Lipinski definition) is 2. The summed E-state index contributed by atoms with van der Waals surface area (Å²) in [6, 6.07) is -0.786. The van der Waals surface area contributed by atoms with E-state index in [1.54, 1.807) is 18.7 Å². The lowest BCUT2D eigenvalue weighted by molar-refractivity contribution is -0.131. The Labute approximate surface area is 119 Å². The smallest absolute Gasteiger partial charge is 0.240 e. The van der Waals surface area contributed by atoms with Gasteiger partial charge in [-0.05, 0) is 26.2 Å². The van der Waals surface area contributed by atoms with Crippen molar-refractivity contribution < 1.29 is 13.2 Å². The quantitative estimate of drug-likeness (QED) is 0.673. The molecular weight excluding hydrogens is 286 g/mol. The molecule has 1 heterocycles. The number of nitrogens with one attached hydrogen (secondary N) is 1. The van der Waals surface area contributed by atoms with Gasteiger partial charge in [-0.15, -0.1) is 0 Å². The van der Waals surface area contributed by atoms with Gasteiger partial charge >= 0.3 is 0 Å². The summed E-state index contributed by atoms with van der Waals surface area (Å²) in [4.78, 5) is 13.6. The van der Waals surface area contributed by atoms with Crippen LogP contribution in [0, 0.1) is 0 Å². The molecule has 3 N–H and O–H groups in total. The standard InChI is InChI=1S/C11H21N3O3S2/c1-3-9(10(12)18)19(16,17)13-8(2)11(15)14-6-4-5-7-14/h8-9,13H,3-7H2,1-2H3,(H2,12,18). The van der Waals surface area contributed by atoms with E-state index in [4.69, 9.17) is 18.0 Å². The fraction of sp³-hybridized carbons (Fsp3) is 0.818. The highest BCUT2D eigenvalue weighted by molar-refractivity contribution is 7.93. The number of carbonyl (C=O) groups excluding carboxylic acids is 1. The summed E-state index contributed by atoms with van der Waals surface area (Å²) in [6.45, 7) is 4.62. The molecule has 0 spiro atoms. The van der Waals surface area contributed by atoms with Gasteiger partial charge in [0, 0.05) is 13.1 Å². The molecular formula is C11H21N3O3S2. The normalized spacial score (nSPS) is 19.2. The van der Waals surface area contributed by atoms with Gasteiger partial charge in [0.05, 0.1) is 11.0 Å². The number of rotatable bonds is 6. The molecule has 0 aliphatic carbocycles. The van der Waals surface area contributed by atoms with Crippen molar-refractivity contribution in [3.05, 3.63) is 0 Å². The van der Waals surface area contributed by atoms with Crippen molar-refractivity contribution in [1.82, 2.24) is 9.62 Å². The molecule has 0 saturated carbocycles. The van der Waals surface area contributed by atoms with Crippen molar-refractivity contribution in [2.45, 2.75) is 44.4 Å². The molecule has 0 aromatic rings. The van der Waals surface area contributed by atoms with Gasteiger partial charge in [0.25, 0.3) is 0 Å². The van der Waals surface area contributed by atoms with Crippen LogP contribution in [0.1, 0.15) is 33.1 Å². The number of amides is 1. The fourth-order valence-electron chi connectivity index (χ4n) is 2.16. The van der Waals surface area contributed by atoms with Crippen LogP contribution in [0.4, 0.5) is 0 Å². The Morgan fingerprint density at radius 1 is 1.42 bits per heavy atom. The van der Waals surface area contributed by atoms with Crippen LogP contribution in [0.15, 0.2) is 0 Å². The minimum absolute atomic E-state index is 0.0733. The van der Waals surface area contributed by atoms with Gasteiger partial charge in [0.2, 0.25) is 15.9 Å². The van der Waals surface area contributed by atoms with E-state index in [2.05, 4.69) is 4.72 Å². The topological polar surface area (TPSA) is 92.5 Å². The molecule has 8 heteroatoms. The minimum Gasteiger partial charge on any atom is -0.392 e. The van der Waals surface area contributed by atoms with Crippen molar-refractivity contribution in [3.8, 4) is 0 Å². The predicted octanol–water partition coefficient (Wildman–Crippen LogP) is -0.0186. The third-order valence-corrected chi connectivity index (χ3v) is 5.64. The lowest BCUT2D eigenvalue weighted by Crippen LogP contribution is -2.50. The number of thiocarbonyl (C=S) groups is 1. The van der Waals surface area contributed by atoms with E-state index in [9.17, 15) is 13.2 Å². The second kappa shape index (κ2) is 6.62. The Balaban J connectivity index is 2.71. The van der Waals surface area contributed by atoms with Crippen molar-refractivity contribution in [1.29, 1.82) is 0 Å². The van der Waals surface area contributed by atoms with E-state index in [0.717, 1.165) is 12.8 Å². The second-order valence-electron chi connectivity index (χ2n) is 4.72. The van der Waals surface area contributed by atoms with Crippen LogP contribution in [0.2, 0.25) is 0 Å². The van der Waals surface area contributed by atoms with Crippen LogP contribution in [0.5, 0.6) is 0 Å². The third-order valence-electron chi connectivity index (χ3n) is 3.19. The monoisotopic (exact) mass is 307 g/mol. The highest BCUT2D eigenvalue weighted by Crippen LogP contribution is 2.11. The van der Waals surface area contributed by atoms with Crippen molar-refractivity contribution in [3.63, 3.8) is 0 Å². The predicted molar refractivity (Wildman–Crippen MR) is 78.2 cm³/mol. The first-order chi connectivity index (χ1) is 8.79. The summed E-state index contributed by atoms with van der Waals surface area (Å²) in [6.07, 6.45) is 2.22. The van der Waals surface area contributed by atoms with Crippen LogP contribution in [-0.4, -0.2) is 48.6 Å². The molecule has 110 valence electrons. The maximum atomic E-state index is 12.1. The number of sulfonamides is 1. The number of nitrogens with zero attached hydrogens (tertiary/aromatic N) is 1. The summed E-state index contributed by atoms with van der Waals surface area (Å²) in [5.41, 5.74) is 5.42. The SMILES string of the molecule is CCC(C(N)=S)S(=O)(=O)NC(C)C(=O)N1CCCC1. The van der Waals surface area contributed by atoms with Gasteiger partial charge in [-0.1, -0.05) is 19.1 Å². The molecule has 1 amide bonds. The Bertz CT molecular complexity index is 444. The van der Waals surface area contributed by atoms with E-state index >= 15 is 0 Å². The third kappa shape index (κ3) is 4.12. The van der Waals surface area contributed by atoms with Gasteiger partial charge in [0.15, 0.2) is 0 Å². The molecule has 1 rings (SSSR count). The molecule has 0 aromatic heterocycles. The molecule has 6 nitrogen and oxygen atoms in total. The Hall–Kier alpha value is -0.730. The second-order valence-corrected chi connectivity index (χ2v) is 7.08. The summed E-state index contributed by atoms with van der Waals surface area (Å²) in [5, 5.41) is -0.934. The molecule has 2 atom stereocenters. The Kier molecular flexibility index (Phi) is 5.69. The van der Waals surface area contributed by atoms with Gasteiger partial charge in [-0.25, -0.2) is 13.1 Å². The summed E-state index contributed by atoms with van der Waals surface area (Å²) in [7, 11) is -3.71. The van der Waals surface area contributed by atoms with Crippen LogP contribution in [-0.2, 0) is 14.8 Å². The van der Waals surface area contributed by atoms with E-state index in [0.29, 0.717) is 13.1 Å². The molecule has 2 unspecified atom stereocenters. The van der Waals surface area contributed by atoms with Crippen molar-refractivity contribution in [2.24, 2.45) is 5.73 Å². The lowest BCUT2D eigenvalue weighted by atomic mass is 10.3. The van der Waals surface area contributed by atoms with Gasteiger partial charge in [0.1, 0.15) is 5.25 Å². The number of carbonyl (C=O) groups is 1. The Morgan fingerprint density at radius 3 is 2.37 bits per heavy atom. The Morgan fingerprint density at radius 2 is 1.95 bits per heavy atom. The van der Waals surface area contributed by atoms with Gasteiger partial charge in [-0.2, -0.15) is 0 Å². The van der Waals surface area contributed by atoms with E-state index in [1.807, 2.05) is 0 Å². The maximum Gasteiger partial charge on any atom is 0.240 e. The van der Waals surface area contributed by atoms with Crippen LogP contribution >= 0.6 is 12.2 Å². The highest BCUT2D eigenvalue weighted by Gasteiger charge is 2.31. The molecule has 1 fully saturated rings. The zero-order chi connectivity index (χ0) is 14.6. The number of likely N-dealkylation sites (tertiary alicyclic amines) is 1. The first kappa shape index (κ1) is 16.3. The molecule has 0 aromatic carbocycles. The molecule has 0 radical (unpaired) electrons. The van der Waals surface area contributed by atoms with E-state index in [1.165, 1.54) is 0 Å². The van der Waals surface area contributed by atoms with Crippen LogP contribution < -0.4 is 10.5 Å². The number of nitrogens with two attached hydrogens (primary N) is 1. The zero-order valence-electron chi connectivity index (χ0n) is 11.3. The summed E-state index contributed by atoms with van der Waals surface area (Å²) >= 11 is 4.75. The number of hydrogen-bond acceptors (Lipinski definition) is 4. The van der Waals surface area contributed by atoms with Crippen LogP contribution in [0.25, 0.3) is 0 Å². The first-order valence-electron chi connectivity index (χ1n) is 6.38. The van der Waals surface area contributed by atoms with Crippen molar-refractivity contribution in [2.75, 3.05) is 13.1 Å². The highest BCUT2D eigenvalue weighted by atomic mass is 32.2. The van der Waals surface area contributed by atoms with E-state index in [-0.39, 0.29) is 17.3 Å². The summed E-state index contributed by atoms with van der Waals surface area (Å²) < 4.78 is 26.5. The average molecular weight is 307 g/mol. The summed E-state index contributed by atoms with van der Waals surface area (Å²) in [5.74, 6) is -0.195. The largest absolute Gasteiger partial charge is 0.392 e. The fourth-order valence-corrected chi connectivity index (χ4v) is 4.21. The van der Waals surface area contributed by atoms with Gasteiger partial charge < -0.3 is 10.6 Å². The van der Waals surface area contributed by atoms with Crippen LogP contribution in [0.3, 0.4) is 0 Å². The molecule has 1 aliphatic rings. The molecule has 1 saturated heterocycles. The molecule has 1 aliphatic heterocycles. The molecule has 19 heavy (non-hydrogen) atoms. The minimum atomic E-state index is -3.71. The first-order valence-corrected chi connectivity index (χ1v) is 8.34.